The van der Waals surface area contributed by atoms with Gasteiger partial charge in [0.2, 0.25) is 0 Å². The fourth-order valence-corrected chi connectivity index (χ4v) is 4.57. The van der Waals surface area contributed by atoms with E-state index >= 15 is 0 Å². The first-order valence-corrected chi connectivity index (χ1v) is 12.4. The van der Waals surface area contributed by atoms with Gasteiger partial charge in [-0.15, -0.1) is 0 Å². The SMILES string of the molecule is COc1ccc2c(c1)/C(=N\Nc1cc(N3CCOCC3)nc(OCCN3CCOCC3)n1)CCC2. The Morgan fingerprint density at radius 1 is 1.00 bits per heavy atom. The number of hydrogen-bond acceptors (Lipinski definition) is 10. The van der Waals surface area contributed by atoms with E-state index in [0.29, 0.717) is 31.6 Å². The van der Waals surface area contributed by atoms with Crippen LogP contribution in [0.1, 0.15) is 24.0 Å². The third-order valence-corrected chi connectivity index (χ3v) is 6.56. The highest BCUT2D eigenvalue weighted by Crippen LogP contribution is 2.27. The van der Waals surface area contributed by atoms with Crippen LogP contribution >= 0.6 is 0 Å². The molecule has 0 saturated carbocycles. The number of aryl methyl sites for hydroxylation is 1. The van der Waals surface area contributed by atoms with Crippen LogP contribution in [0.5, 0.6) is 11.8 Å². The van der Waals surface area contributed by atoms with Crippen molar-refractivity contribution in [2.24, 2.45) is 5.10 Å². The van der Waals surface area contributed by atoms with Crippen LogP contribution < -0.4 is 19.8 Å². The van der Waals surface area contributed by atoms with Crippen molar-refractivity contribution >= 4 is 17.3 Å². The number of ether oxygens (including phenoxy) is 4. The van der Waals surface area contributed by atoms with Crippen molar-refractivity contribution in [3.05, 3.63) is 35.4 Å². The van der Waals surface area contributed by atoms with Gasteiger partial charge in [0.15, 0.2) is 5.82 Å². The zero-order chi connectivity index (χ0) is 23.9. The van der Waals surface area contributed by atoms with Gasteiger partial charge in [0.1, 0.15) is 18.2 Å². The summed E-state index contributed by atoms with van der Waals surface area (Å²) in [5.41, 5.74) is 6.61. The fraction of sp³-hybridized carbons (Fsp3) is 0.560. The Balaban J connectivity index is 1.33. The van der Waals surface area contributed by atoms with E-state index in [2.05, 4.69) is 37.3 Å². The summed E-state index contributed by atoms with van der Waals surface area (Å²) in [6.07, 6.45) is 3.02. The summed E-state index contributed by atoms with van der Waals surface area (Å²) in [4.78, 5) is 13.8. The van der Waals surface area contributed by atoms with E-state index in [1.54, 1.807) is 7.11 Å². The Morgan fingerprint density at radius 3 is 2.60 bits per heavy atom. The first kappa shape index (κ1) is 23.8. The molecule has 3 heterocycles. The Labute approximate surface area is 206 Å². The molecule has 1 aromatic carbocycles. The smallest absolute Gasteiger partial charge is 0.320 e. The Morgan fingerprint density at radius 2 is 1.80 bits per heavy atom. The zero-order valence-electron chi connectivity index (χ0n) is 20.4. The molecule has 0 amide bonds. The van der Waals surface area contributed by atoms with Gasteiger partial charge in [0.25, 0.3) is 0 Å². The summed E-state index contributed by atoms with van der Waals surface area (Å²) in [5, 5.41) is 4.75. The molecule has 1 aromatic heterocycles. The predicted molar refractivity (Wildman–Crippen MR) is 134 cm³/mol. The van der Waals surface area contributed by atoms with Crippen LogP contribution in [0.4, 0.5) is 11.6 Å². The zero-order valence-corrected chi connectivity index (χ0v) is 20.4. The van der Waals surface area contributed by atoms with E-state index in [1.165, 1.54) is 5.56 Å². The highest BCUT2D eigenvalue weighted by Gasteiger charge is 2.19. The van der Waals surface area contributed by atoms with Gasteiger partial charge in [0.05, 0.1) is 39.2 Å². The third-order valence-electron chi connectivity index (χ3n) is 6.56. The molecule has 2 aliphatic heterocycles. The van der Waals surface area contributed by atoms with Crippen molar-refractivity contribution < 1.29 is 18.9 Å². The summed E-state index contributed by atoms with van der Waals surface area (Å²) in [7, 11) is 1.69. The van der Waals surface area contributed by atoms with Crippen molar-refractivity contribution in [1.29, 1.82) is 0 Å². The lowest BCUT2D eigenvalue weighted by molar-refractivity contribution is 0.0317. The molecule has 1 aliphatic carbocycles. The monoisotopic (exact) mass is 482 g/mol. The second-order valence-electron chi connectivity index (χ2n) is 8.84. The second kappa shape index (κ2) is 11.7. The van der Waals surface area contributed by atoms with Crippen molar-refractivity contribution in [2.45, 2.75) is 19.3 Å². The van der Waals surface area contributed by atoms with Crippen LogP contribution in [-0.2, 0) is 15.9 Å². The molecular weight excluding hydrogens is 448 g/mol. The molecule has 2 aromatic rings. The molecule has 2 fully saturated rings. The topological polar surface area (TPSA) is 93.6 Å². The average molecular weight is 483 g/mol. The highest BCUT2D eigenvalue weighted by atomic mass is 16.5. The molecule has 35 heavy (non-hydrogen) atoms. The highest BCUT2D eigenvalue weighted by molar-refractivity contribution is 6.03. The van der Waals surface area contributed by atoms with E-state index in [1.807, 2.05) is 12.1 Å². The standard InChI is InChI=1S/C25H34N6O4/c1-32-20-6-5-19-3-2-4-22(21(19)17-20)28-29-23-18-24(31-10-14-34-15-11-31)27-25(26-23)35-16-9-30-7-12-33-13-8-30/h5-6,17-18H,2-4,7-16H2,1H3,(H,26,27,29)/b28-22-. The summed E-state index contributed by atoms with van der Waals surface area (Å²) < 4.78 is 22.4. The van der Waals surface area contributed by atoms with Crippen molar-refractivity contribution in [1.82, 2.24) is 14.9 Å². The van der Waals surface area contributed by atoms with Crippen LogP contribution in [0.2, 0.25) is 0 Å². The van der Waals surface area contributed by atoms with Crippen LogP contribution in [0, 0.1) is 0 Å². The van der Waals surface area contributed by atoms with E-state index < -0.39 is 0 Å². The minimum absolute atomic E-state index is 0.357. The maximum atomic E-state index is 5.99. The van der Waals surface area contributed by atoms with Gasteiger partial charge < -0.3 is 23.8 Å². The largest absolute Gasteiger partial charge is 0.497 e. The summed E-state index contributed by atoms with van der Waals surface area (Å²) in [5.74, 6) is 2.27. The molecular formula is C25H34N6O4. The predicted octanol–water partition coefficient (Wildman–Crippen LogP) is 2.19. The van der Waals surface area contributed by atoms with E-state index in [9.17, 15) is 0 Å². The number of hydrogen-bond donors (Lipinski definition) is 1. The normalized spacial score (nSPS) is 19.9. The summed E-state index contributed by atoms with van der Waals surface area (Å²) >= 11 is 0. The molecule has 1 N–H and O–H groups in total. The fourth-order valence-electron chi connectivity index (χ4n) is 4.57. The Hall–Kier alpha value is -2.95. The number of fused-ring (bicyclic) bond motifs is 1. The van der Waals surface area contributed by atoms with Gasteiger partial charge in [-0.1, -0.05) is 6.07 Å². The van der Waals surface area contributed by atoms with Gasteiger partial charge in [-0.3, -0.25) is 10.3 Å². The van der Waals surface area contributed by atoms with Crippen molar-refractivity contribution in [2.75, 3.05) is 83.2 Å². The van der Waals surface area contributed by atoms with Gasteiger partial charge in [-0.2, -0.15) is 15.1 Å². The number of hydrazone groups is 1. The Kier molecular flexibility index (Phi) is 7.92. The third kappa shape index (κ3) is 6.19. The number of anilines is 2. The van der Waals surface area contributed by atoms with Crippen LogP contribution in [0.3, 0.4) is 0 Å². The lowest BCUT2D eigenvalue weighted by Crippen LogP contribution is -2.39. The Bertz CT molecular complexity index is 1020. The molecule has 0 radical (unpaired) electrons. The number of aromatic nitrogens is 2. The molecule has 5 rings (SSSR count). The van der Waals surface area contributed by atoms with E-state index in [-0.39, 0.29) is 0 Å². The lowest BCUT2D eigenvalue weighted by Gasteiger charge is -2.28. The van der Waals surface area contributed by atoms with E-state index in [4.69, 9.17) is 24.0 Å². The number of rotatable bonds is 8. The number of methoxy groups -OCH3 is 1. The number of nitrogens with one attached hydrogen (secondary N) is 1. The minimum Gasteiger partial charge on any atom is -0.497 e. The number of nitrogens with zero attached hydrogens (tertiary/aromatic N) is 5. The van der Waals surface area contributed by atoms with Gasteiger partial charge >= 0.3 is 6.01 Å². The average Bonchev–Trinajstić information content (AvgIpc) is 2.92. The molecule has 3 aliphatic rings. The minimum atomic E-state index is 0.357. The van der Waals surface area contributed by atoms with E-state index in [0.717, 1.165) is 88.0 Å². The first-order valence-electron chi connectivity index (χ1n) is 12.4. The van der Waals surface area contributed by atoms with Crippen molar-refractivity contribution in [3.8, 4) is 11.8 Å². The van der Waals surface area contributed by atoms with Gasteiger partial charge in [-0.05, 0) is 37.0 Å². The molecule has 10 nitrogen and oxygen atoms in total. The number of morpholine rings is 2. The second-order valence-corrected chi connectivity index (χ2v) is 8.84. The molecule has 0 spiro atoms. The van der Waals surface area contributed by atoms with Gasteiger partial charge in [-0.25, -0.2) is 0 Å². The maximum absolute atomic E-state index is 5.99. The van der Waals surface area contributed by atoms with Crippen LogP contribution in [-0.4, -0.2) is 93.4 Å². The van der Waals surface area contributed by atoms with Gasteiger partial charge in [0, 0.05) is 44.4 Å². The molecule has 0 unspecified atom stereocenters. The van der Waals surface area contributed by atoms with Crippen molar-refractivity contribution in [3.63, 3.8) is 0 Å². The summed E-state index contributed by atoms with van der Waals surface area (Å²) in [6, 6.07) is 8.49. The number of benzene rings is 1. The quantitative estimate of drug-likeness (QED) is 0.568. The summed E-state index contributed by atoms with van der Waals surface area (Å²) in [6.45, 7) is 7.66. The maximum Gasteiger partial charge on any atom is 0.320 e. The molecule has 2 saturated heterocycles. The molecule has 188 valence electrons. The molecule has 10 heteroatoms. The molecule has 0 bridgehead atoms. The molecule has 0 atom stereocenters. The van der Waals surface area contributed by atoms with Crippen LogP contribution in [0.25, 0.3) is 0 Å². The lowest BCUT2D eigenvalue weighted by atomic mass is 9.90. The first-order chi connectivity index (χ1) is 17.3. The van der Waals surface area contributed by atoms with Crippen LogP contribution in [0.15, 0.2) is 29.4 Å².